The van der Waals surface area contributed by atoms with Gasteiger partial charge in [-0.3, -0.25) is 4.68 Å². The molecule has 0 fully saturated rings. The summed E-state index contributed by atoms with van der Waals surface area (Å²) in [5.74, 6) is 0. The van der Waals surface area contributed by atoms with E-state index in [0.29, 0.717) is 6.04 Å². The molecule has 4 nitrogen and oxygen atoms in total. The molecule has 1 unspecified atom stereocenters. The highest BCUT2D eigenvalue weighted by molar-refractivity contribution is 5.15. The Labute approximate surface area is 118 Å². The zero-order valence-electron chi connectivity index (χ0n) is 13.4. The Morgan fingerprint density at radius 1 is 1.26 bits per heavy atom. The number of aromatic nitrogens is 2. The summed E-state index contributed by atoms with van der Waals surface area (Å²) in [6.07, 6.45) is 4.14. The number of rotatable bonds is 8. The van der Waals surface area contributed by atoms with Gasteiger partial charge in [0.05, 0.1) is 11.7 Å². The molecule has 0 amide bonds. The summed E-state index contributed by atoms with van der Waals surface area (Å²) < 4.78 is 2.11. The number of aryl methyl sites for hydroxylation is 1. The van der Waals surface area contributed by atoms with Crippen molar-refractivity contribution in [2.75, 3.05) is 20.6 Å². The summed E-state index contributed by atoms with van der Waals surface area (Å²) in [7, 11) is 4.37. The molecule has 0 saturated carbocycles. The first-order valence-corrected chi connectivity index (χ1v) is 7.49. The molecule has 1 aromatic rings. The van der Waals surface area contributed by atoms with E-state index in [0.717, 1.165) is 25.9 Å². The maximum Gasteiger partial charge on any atom is 0.0678 e. The summed E-state index contributed by atoms with van der Waals surface area (Å²) in [4.78, 5) is 2.37. The van der Waals surface area contributed by atoms with Crippen LogP contribution in [0.1, 0.15) is 52.3 Å². The summed E-state index contributed by atoms with van der Waals surface area (Å²) in [6, 6.07) is 2.46. The van der Waals surface area contributed by atoms with Gasteiger partial charge in [0.25, 0.3) is 0 Å². The quantitative estimate of drug-likeness (QED) is 0.785. The summed E-state index contributed by atoms with van der Waals surface area (Å²) in [6.45, 7) is 10.8. The van der Waals surface area contributed by atoms with Crippen LogP contribution >= 0.6 is 0 Å². The zero-order chi connectivity index (χ0) is 14.5. The van der Waals surface area contributed by atoms with Crippen molar-refractivity contribution in [3.05, 3.63) is 18.0 Å². The fourth-order valence-electron chi connectivity index (χ4n) is 3.18. The smallest absolute Gasteiger partial charge is 0.0678 e. The lowest BCUT2D eigenvalue weighted by molar-refractivity contribution is 0.0848. The van der Waals surface area contributed by atoms with Gasteiger partial charge in [0.2, 0.25) is 0 Å². The van der Waals surface area contributed by atoms with Crippen molar-refractivity contribution in [2.45, 2.75) is 58.7 Å². The van der Waals surface area contributed by atoms with Crippen molar-refractivity contribution >= 4 is 0 Å². The lowest BCUT2D eigenvalue weighted by Gasteiger charge is -2.45. The lowest BCUT2D eigenvalue weighted by atomic mass is 9.81. The number of hydrogen-bond donors (Lipinski definition) is 1. The molecule has 0 aliphatic heterocycles. The van der Waals surface area contributed by atoms with E-state index < -0.39 is 0 Å². The molecule has 19 heavy (non-hydrogen) atoms. The van der Waals surface area contributed by atoms with Crippen LogP contribution in [0.3, 0.4) is 0 Å². The second-order valence-electron chi connectivity index (χ2n) is 5.27. The van der Waals surface area contributed by atoms with Crippen LogP contribution in [0.5, 0.6) is 0 Å². The van der Waals surface area contributed by atoms with E-state index in [9.17, 15) is 0 Å². The Bertz CT molecular complexity index is 366. The minimum Gasteiger partial charge on any atom is -0.307 e. The monoisotopic (exact) mass is 266 g/mol. The van der Waals surface area contributed by atoms with Crippen molar-refractivity contribution in [1.82, 2.24) is 20.0 Å². The van der Waals surface area contributed by atoms with E-state index in [4.69, 9.17) is 0 Å². The topological polar surface area (TPSA) is 33.1 Å². The van der Waals surface area contributed by atoms with Crippen LogP contribution in [-0.4, -0.2) is 40.9 Å². The fraction of sp³-hybridized carbons (Fsp3) is 0.800. The summed E-state index contributed by atoms with van der Waals surface area (Å²) >= 11 is 0. The largest absolute Gasteiger partial charge is 0.307 e. The second kappa shape index (κ2) is 7.06. The standard InChI is InChI=1S/C15H30N4/c1-7-15(8-2,18(5)6)14(16-9-3)13-11-12-17-19(13)10-4/h11-12,14,16H,7-10H2,1-6H3. The molecule has 0 aromatic carbocycles. The third kappa shape index (κ3) is 3.00. The van der Waals surface area contributed by atoms with Crippen LogP contribution in [0.25, 0.3) is 0 Å². The van der Waals surface area contributed by atoms with Gasteiger partial charge in [-0.15, -0.1) is 0 Å². The average Bonchev–Trinajstić information content (AvgIpc) is 2.87. The van der Waals surface area contributed by atoms with Gasteiger partial charge in [-0.1, -0.05) is 20.8 Å². The molecule has 110 valence electrons. The Morgan fingerprint density at radius 3 is 2.32 bits per heavy atom. The fourth-order valence-corrected chi connectivity index (χ4v) is 3.18. The third-order valence-corrected chi connectivity index (χ3v) is 4.41. The van der Waals surface area contributed by atoms with Gasteiger partial charge in [0.1, 0.15) is 0 Å². The van der Waals surface area contributed by atoms with E-state index >= 15 is 0 Å². The number of hydrogen-bond acceptors (Lipinski definition) is 3. The van der Waals surface area contributed by atoms with Crippen LogP contribution in [0.4, 0.5) is 0 Å². The van der Waals surface area contributed by atoms with Crippen LogP contribution in [0, 0.1) is 0 Å². The van der Waals surface area contributed by atoms with Crippen molar-refractivity contribution in [3.63, 3.8) is 0 Å². The number of nitrogens with zero attached hydrogens (tertiary/aromatic N) is 3. The van der Waals surface area contributed by atoms with Gasteiger partial charge >= 0.3 is 0 Å². The third-order valence-electron chi connectivity index (χ3n) is 4.41. The summed E-state index contributed by atoms with van der Waals surface area (Å²) in [5.41, 5.74) is 1.42. The van der Waals surface area contributed by atoms with Gasteiger partial charge < -0.3 is 10.2 Å². The highest BCUT2D eigenvalue weighted by Crippen LogP contribution is 2.35. The molecule has 0 spiro atoms. The molecule has 1 aromatic heterocycles. The van der Waals surface area contributed by atoms with Gasteiger partial charge in [0.15, 0.2) is 0 Å². The molecule has 0 radical (unpaired) electrons. The molecular formula is C15H30N4. The zero-order valence-corrected chi connectivity index (χ0v) is 13.4. The maximum absolute atomic E-state index is 4.44. The average molecular weight is 266 g/mol. The Kier molecular flexibility index (Phi) is 6.01. The lowest BCUT2D eigenvalue weighted by Crippen LogP contribution is -2.53. The van der Waals surface area contributed by atoms with Crippen molar-refractivity contribution < 1.29 is 0 Å². The second-order valence-corrected chi connectivity index (χ2v) is 5.27. The van der Waals surface area contributed by atoms with Crippen LogP contribution < -0.4 is 5.32 Å². The minimum absolute atomic E-state index is 0.128. The van der Waals surface area contributed by atoms with Crippen molar-refractivity contribution in [1.29, 1.82) is 0 Å². The molecule has 0 saturated heterocycles. The van der Waals surface area contributed by atoms with Gasteiger partial charge in [-0.25, -0.2) is 0 Å². The van der Waals surface area contributed by atoms with Gasteiger partial charge in [-0.2, -0.15) is 5.10 Å². The van der Waals surface area contributed by atoms with Gasteiger partial charge in [0, 0.05) is 18.3 Å². The van der Waals surface area contributed by atoms with Crippen molar-refractivity contribution in [3.8, 4) is 0 Å². The maximum atomic E-state index is 4.44. The van der Waals surface area contributed by atoms with Crippen LogP contribution in [-0.2, 0) is 6.54 Å². The van der Waals surface area contributed by atoms with Gasteiger partial charge in [-0.05, 0) is 46.5 Å². The number of likely N-dealkylation sites (N-methyl/N-ethyl adjacent to an activating group) is 2. The molecule has 4 heteroatoms. The molecule has 1 atom stereocenters. The highest BCUT2D eigenvalue weighted by Gasteiger charge is 2.39. The van der Waals surface area contributed by atoms with Crippen molar-refractivity contribution in [2.24, 2.45) is 0 Å². The van der Waals surface area contributed by atoms with E-state index in [1.807, 2.05) is 6.20 Å². The molecule has 0 aliphatic rings. The number of nitrogens with one attached hydrogen (secondary N) is 1. The first-order chi connectivity index (χ1) is 9.07. The highest BCUT2D eigenvalue weighted by atomic mass is 15.3. The summed E-state index contributed by atoms with van der Waals surface area (Å²) in [5, 5.41) is 8.12. The van der Waals surface area contributed by atoms with E-state index in [2.05, 4.69) is 67.9 Å². The van der Waals surface area contributed by atoms with E-state index in [-0.39, 0.29) is 5.54 Å². The Hall–Kier alpha value is -0.870. The predicted octanol–water partition coefficient (Wildman–Crippen LogP) is 2.67. The molecule has 0 aliphatic carbocycles. The van der Waals surface area contributed by atoms with E-state index in [1.54, 1.807) is 0 Å². The first-order valence-electron chi connectivity index (χ1n) is 7.49. The molecule has 1 rings (SSSR count). The predicted molar refractivity (Wildman–Crippen MR) is 81.3 cm³/mol. The molecular weight excluding hydrogens is 236 g/mol. The van der Waals surface area contributed by atoms with Crippen LogP contribution in [0.2, 0.25) is 0 Å². The SMILES string of the molecule is CCNC(c1ccnn1CC)C(CC)(CC)N(C)C. The Morgan fingerprint density at radius 2 is 1.89 bits per heavy atom. The molecule has 0 bridgehead atoms. The van der Waals surface area contributed by atoms with Crippen LogP contribution in [0.15, 0.2) is 12.3 Å². The normalized spacial score (nSPS) is 14.1. The minimum atomic E-state index is 0.128. The molecule has 1 heterocycles. The van der Waals surface area contributed by atoms with E-state index in [1.165, 1.54) is 5.69 Å². The first kappa shape index (κ1) is 16.2. The molecule has 1 N–H and O–H groups in total. The Balaban J connectivity index is 3.25.